The van der Waals surface area contributed by atoms with Crippen molar-refractivity contribution in [3.05, 3.63) is 50.4 Å². The number of nitrogens with zero attached hydrogens (tertiary/aromatic N) is 2. The average molecular weight is 370 g/mol. The molecule has 5 nitrogen and oxygen atoms in total. The molecule has 6 heteroatoms. The van der Waals surface area contributed by atoms with Gasteiger partial charge in [-0.05, 0) is 50.8 Å². The van der Waals surface area contributed by atoms with Crippen molar-refractivity contribution >= 4 is 27.5 Å². The van der Waals surface area contributed by atoms with Gasteiger partial charge in [-0.15, -0.1) is 11.3 Å². The normalized spacial score (nSPS) is 11.2. The number of carbonyl (C=O) groups is 1. The second-order valence-electron chi connectivity index (χ2n) is 6.63. The molecule has 0 aliphatic rings. The van der Waals surface area contributed by atoms with Crippen LogP contribution in [0, 0.1) is 27.7 Å². The zero-order valence-corrected chi connectivity index (χ0v) is 16.2. The van der Waals surface area contributed by atoms with Crippen LogP contribution in [0.2, 0.25) is 0 Å². The van der Waals surface area contributed by atoms with Gasteiger partial charge in [-0.2, -0.15) is 0 Å². The quantitative estimate of drug-likeness (QED) is 0.730. The van der Waals surface area contributed by atoms with Crippen LogP contribution in [0.1, 0.15) is 34.7 Å². The largest absolute Gasteiger partial charge is 0.481 e. The lowest BCUT2D eigenvalue weighted by molar-refractivity contribution is -0.137. The molecule has 26 heavy (non-hydrogen) atoms. The van der Waals surface area contributed by atoms with Crippen LogP contribution in [0.25, 0.3) is 21.3 Å². The van der Waals surface area contributed by atoms with Gasteiger partial charge in [-0.3, -0.25) is 14.2 Å². The summed E-state index contributed by atoms with van der Waals surface area (Å²) in [6, 6.07) is 6.23. The number of hydrogen-bond acceptors (Lipinski definition) is 4. The number of carboxylic acids is 1. The van der Waals surface area contributed by atoms with Crippen LogP contribution in [0.3, 0.4) is 0 Å². The van der Waals surface area contributed by atoms with Crippen molar-refractivity contribution in [2.24, 2.45) is 0 Å². The van der Waals surface area contributed by atoms with E-state index in [4.69, 9.17) is 5.11 Å². The lowest BCUT2D eigenvalue weighted by Crippen LogP contribution is -2.24. The van der Waals surface area contributed by atoms with E-state index in [1.54, 1.807) is 11.5 Å². The van der Waals surface area contributed by atoms with Gasteiger partial charge in [0.25, 0.3) is 5.56 Å². The Kier molecular flexibility index (Phi) is 4.96. The van der Waals surface area contributed by atoms with Gasteiger partial charge in [0.05, 0.1) is 5.39 Å². The number of carboxylic acid groups (broad SMARTS) is 1. The van der Waals surface area contributed by atoms with Crippen molar-refractivity contribution in [2.75, 3.05) is 0 Å². The molecule has 0 spiro atoms. The maximum atomic E-state index is 13.2. The fraction of sp³-hybridized carbons (Fsp3) is 0.350. The summed E-state index contributed by atoms with van der Waals surface area (Å²) in [7, 11) is 0. The van der Waals surface area contributed by atoms with E-state index in [-0.39, 0.29) is 12.0 Å². The Labute approximate surface area is 155 Å². The third-order valence-electron chi connectivity index (χ3n) is 4.75. The van der Waals surface area contributed by atoms with Crippen LogP contribution in [0.15, 0.2) is 23.0 Å². The first-order valence-electron chi connectivity index (χ1n) is 8.59. The minimum absolute atomic E-state index is 0.0383. The Morgan fingerprint density at radius 2 is 1.92 bits per heavy atom. The Morgan fingerprint density at radius 3 is 2.58 bits per heavy atom. The number of aliphatic carboxylic acids is 1. The van der Waals surface area contributed by atoms with Gasteiger partial charge in [0, 0.05) is 23.4 Å². The molecular formula is C20H22N2O3S. The molecule has 0 amide bonds. The standard InChI is InChI=1S/C20H22N2O3S/c1-11-7-8-15(10-12(11)2)17-13(3)26-19-18(17)20(25)22(14(4)21-19)9-5-6-16(23)24/h7-8,10H,5-6,9H2,1-4H3,(H,23,24). The van der Waals surface area contributed by atoms with Crippen LogP contribution in [0.5, 0.6) is 0 Å². The van der Waals surface area contributed by atoms with Gasteiger partial charge in [0.2, 0.25) is 0 Å². The molecule has 2 heterocycles. The van der Waals surface area contributed by atoms with Gasteiger partial charge < -0.3 is 5.11 Å². The first kappa shape index (κ1) is 18.3. The van der Waals surface area contributed by atoms with Gasteiger partial charge in [0.15, 0.2) is 0 Å². The van der Waals surface area contributed by atoms with Crippen LogP contribution < -0.4 is 5.56 Å². The number of aryl methyl sites for hydroxylation is 4. The predicted molar refractivity (Wildman–Crippen MR) is 105 cm³/mol. The average Bonchev–Trinajstić information content (AvgIpc) is 2.89. The maximum Gasteiger partial charge on any atom is 0.303 e. The summed E-state index contributed by atoms with van der Waals surface area (Å²) in [4.78, 5) is 30.4. The van der Waals surface area contributed by atoms with Crippen LogP contribution in [-0.4, -0.2) is 20.6 Å². The molecule has 0 saturated carbocycles. The van der Waals surface area contributed by atoms with E-state index in [0.717, 1.165) is 20.8 Å². The number of aromatic nitrogens is 2. The third-order valence-corrected chi connectivity index (χ3v) is 5.75. The van der Waals surface area contributed by atoms with E-state index in [1.165, 1.54) is 22.5 Å². The molecule has 2 aromatic heterocycles. The first-order chi connectivity index (χ1) is 12.3. The molecule has 1 aromatic carbocycles. The molecule has 3 rings (SSSR count). The topological polar surface area (TPSA) is 72.2 Å². The molecule has 0 fully saturated rings. The Morgan fingerprint density at radius 1 is 1.19 bits per heavy atom. The highest BCUT2D eigenvalue weighted by molar-refractivity contribution is 7.19. The van der Waals surface area contributed by atoms with E-state index in [1.807, 2.05) is 13.0 Å². The second-order valence-corrected chi connectivity index (χ2v) is 7.83. The second kappa shape index (κ2) is 7.03. The van der Waals surface area contributed by atoms with Gasteiger partial charge >= 0.3 is 5.97 Å². The van der Waals surface area contributed by atoms with Crippen molar-refractivity contribution in [1.82, 2.24) is 9.55 Å². The highest BCUT2D eigenvalue weighted by Gasteiger charge is 2.19. The molecule has 0 atom stereocenters. The summed E-state index contributed by atoms with van der Waals surface area (Å²) in [6.07, 6.45) is 0.446. The molecule has 0 aliphatic carbocycles. The molecule has 0 unspecified atom stereocenters. The van der Waals surface area contributed by atoms with E-state index in [9.17, 15) is 9.59 Å². The summed E-state index contributed by atoms with van der Waals surface area (Å²) in [5.74, 6) is -0.229. The molecule has 136 valence electrons. The fourth-order valence-electron chi connectivity index (χ4n) is 3.19. The summed E-state index contributed by atoms with van der Waals surface area (Å²) >= 11 is 1.53. The van der Waals surface area contributed by atoms with E-state index < -0.39 is 5.97 Å². The first-order valence-corrected chi connectivity index (χ1v) is 9.41. The summed E-state index contributed by atoms with van der Waals surface area (Å²) in [5.41, 5.74) is 4.28. The van der Waals surface area contributed by atoms with Crippen molar-refractivity contribution in [1.29, 1.82) is 0 Å². The SMILES string of the molecule is Cc1ccc(-c2c(C)sc3nc(C)n(CCCC(=O)O)c(=O)c23)cc1C. The van der Waals surface area contributed by atoms with E-state index in [0.29, 0.717) is 24.2 Å². The number of thiophene rings is 1. The number of hydrogen-bond donors (Lipinski definition) is 1. The summed E-state index contributed by atoms with van der Waals surface area (Å²) in [6.45, 7) is 8.31. The monoisotopic (exact) mass is 370 g/mol. The molecule has 0 radical (unpaired) electrons. The highest BCUT2D eigenvalue weighted by atomic mass is 32.1. The van der Waals surface area contributed by atoms with Crippen LogP contribution in [0.4, 0.5) is 0 Å². The molecular weight excluding hydrogens is 348 g/mol. The van der Waals surface area contributed by atoms with E-state index >= 15 is 0 Å². The van der Waals surface area contributed by atoms with Crippen molar-refractivity contribution < 1.29 is 9.90 Å². The highest BCUT2D eigenvalue weighted by Crippen LogP contribution is 2.36. The minimum Gasteiger partial charge on any atom is -0.481 e. The number of rotatable bonds is 5. The number of benzene rings is 1. The zero-order chi connectivity index (χ0) is 19.0. The molecule has 3 aromatic rings. The van der Waals surface area contributed by atoms with Gasteiger partial charge in [-0.1, -0.05) is 18.2 Å². The van der Waals surface area contributed by atoms with E-state index in [2.05, 4.69) is 31.0 Å². The van der Waals surface area contributed by atoms with Crippen LogP contribution in [-0.2, 0) is 11.3 Å². The lowest BCUT2D eigenvalue weighted by atomic mass is 9.99. The van der Waals surface area contributed by atoms with Crippen molar-refractivity contribution in [3.8, 4) is 11.1 Å². The summed E-state index contributed by atoms with van der Waals surface area (Å²) < 4.78 is 1.60. The Bertz CT molecular complexity index is 1060. The van der Waals surface area contributed by atoms with Crippen molar-refractivity contribution in [2.45, 2.75) is 47.1 Å². The smallest absolute Gasteiger partial charge is 0.303 e. The Hall–Kier alpha value is -2.47. The summed E-state index contributed by atoms with van der Waals surface area (Å²) in [5, 5.41) is 9.48. The number of fused-ring (bicyclic) bond motifs is 1. The predicted octanol–water partition coefficient (Wildman–Crippen LogP) is 4.22. The maximum absolute atomic E-state index is 13.2. The van der Waals surface area contributed by atoms with Gasteiger partial charge in [0.1, 0.15) is 10.7 Å². The molecule has 0 aliphatic heterocycles. The molecule has 1 N–H and O–H groups in total. The zero-order valence-electron chi connectivity index (χ0n) is 15.4. The molecule has 0 bridgehead atoms. The minimum atomic E-state index is -0.855. The van der Waals surface area contributed by atoms with Gasteiger partial charge in [-0.25, -0.2) is 4.98 Å². The fourth-order valence-corrected chi connectivity index (χ4v) is 4.27. The lowest BCUT2D eigenvalue weighted by Gasteiger charge is -2.10. The third kappa shape index (κ3) is 3.29. The van der Waals surface area contributed by atoms with Crippen molar-refractivity contribution in [3.63, 3.8) is 0 Å². The van der Waals surface area contributed by atoms with Crippen LogP contribution >= 0.6 is 11.3 Å². The Balaban J connectivity index is 2.18. The molecule has 0 saturated heterocycles.